The van der Waals surface area contributed by atoms with Gasteiger partial charge in [-0.1, -0.05) is 13.0 Å². The van der Waals surface area contributed by atoms with Gasteiger partial charge in [-0.25, -0.2) is 0 Å². The zero-order valence-electron chi connectivity index (χ0n) is 11.6. The molecule has 0 saturated carbocycles. The Balaban J connectivity index is 1.65. The minimum atomic E-state index is -0.0637. The maximum Gasteiger partial charge on any atom is 0.157 e. The molecule has 0 unspecified atom stereocenters. The van der Waals surface area contributed by atoms with E-state index in [1.54, 1.807) is 6.07 Å². The minimum Gasteiger partial charge on any atom is -0.504 e. The molecule has 106 valence electrons. The number of nitrogens with zero attached hydrogens (tertiary/aromatic N) is 1. The molecule has 1 saturated heterocycles. The summed E-state index contributed by atoms with van der Waals surface area (Å²) in [6, 6.07) is 4.95. The Hall–Kier alpha value is -1.26. The van der Waals surface area contributed by atoms with E-state index in [4.69, 9.17) is 0 Å². The lowest BCUT2D eigenvalue weighted by molar-refractivity contribution is 0.193. The highest BCUT2D eigenvalue weighted by atomic mass is 16.3. The molecule has 4 nitrogen and oxygen atoms in total. The molecule has 0 atom stereocenters. The van der Waals surface area contributed by atoms with E-state index >= 15 is 0 Å². The highest BCUT2D eigenvalue weighted by Crippen LogP contribution is 2.24. The van der Waals surface area contributed by atoms with Crippen molar-refractivity contribution in [2.45, 2.75) is 26.3 Å². The smallest absolute Gasteiger partial charge is 0.157 e. The van der Waals surface area contributed by atoms with Gasteiger partial charge >= 0.3 is 0 Å². The second-order valence-corrected chi connectivity index (χ2v) is 5.52. The van der Waals surface area contributed by atoms with Crippen LogP contribution in [0.2, 0.25) is 0 Å². The van der Waals surface area contributed by atoms with Gasteiger partial charge in [-0.05, 0) is 49.5 Å². The van der Waals surface area contributed by atoms with Crippen LogP contribution in [0.1, 0.15) is 25.3 Å². The lowest BCUT2D eigenvalue weighted by atomic mass is 9.99. The number of phenols is 2. The first kappa shape index (κ1) is 14.2. The lowest BCUT2D eigenvalue weighted by Gasteiger charge is -2.30. The van der Waals surface area contributed by atoms with Crippen LogP contribution in [0, 0.1) is 5.92 Å². The number of piperidine rings is 1. The Bertz CT molecular complexity index is 401. The predicted molar refractivity (Wildman–Crippen MR) is 76.3 cm³/mol. The topological polar surface area (TPSA) is 55.7 Å². The van der Waals surface area contributed by atoms with Crippen LogP contribution in [0.4, 0.5) is 0 Å². The molecule has 1 fully saturated rings. The van der Waals surface area contributed by atoms with Crippen LogP contribution in [0.3, 0.4) is 0 Å². The first-order valence-electron chi connectivity index (χ1n) is 7.09. The van der Waals surface area contributed by atoms with Gasteiger partial charge in [-0.2, -0.15) is 0 Å². The molecule has 1 aliphatic rings. The fraction of sp³-hybridized carbons (Fsp3) is 0.600. The number of aromatic hydroxyl groups is 2. The van der Waals surface area contributed by atoms with Crippen LogP contribution in [0.25, 0.3) is 0 Å². The Morgan fingerprint density at radius 3 is 2.63 bits per heavy atom. The second kappa shape index (κ2) is 6.78. The van der Waals surface area contributed by atoms with E-state index in [2.05, 4.69) is 17.1 Å². The molecule has 19 heavy (non-hydrogen) atoms. The predicted octanol–water partition coefficient (Wildman–Crippen LogP) is 1.92. The number of hydrogen-bond donors (Lipinski definition) is 3. The monoisotopic (exact) mass is 264 g/mol. The summed E-state index contributed by atoms with van der Waals surface area (Å²) in [4.78, 5) is 2.50. The first-order valence-corrected chi connectivity index (χ1v) is 7.09. The third-order valence-electron chi connectivity index (χ3n) is 3.85. The van der Waals surface area contributed by atoms with Gasteiger partial charge in [0.2, 0.25) is 0 Å². The standard InChI is InChI=1S/C15H24N2O2/c1-12-4-7-17(8-5-12)9-6-16-11-13-2-3-14(18)15(19)10-13/h2-3,10,12,16,18-19H,4-9,11H2,1H3. The molecule has 3 N–H and O–H groups in total. The van der Waals surface area contributed by atoms with Gasteiger partial charge < -0.3 is 20.4 Å². The average molecular weight is 264 g/mol. The van der Waals surface area contributed by atoms with Crippen molar-refractivity contribution < 1.29 is 10.2 Å². The normalized spacial score (nSPS) is 17.7. The van der Waals surface area contributed by atoms with Gasteiger partial charge in [0.1, 0.15) is 0 Å². The van der Waals surface area contributed by atoms with Crippen molar-refractivity contribution in [2.24, 2.45) is 5.92 Å². The van der Waals surface area contributed by atoms with Gasteiger partial charge in [0.25, 0.3) is 0 Å². The van der Waals surface area contributed by atoms with Gasteiger partial charge in [0.05, 0.1) is 0 Å². The van der Waals surface area contributed by atoms with Crippen molar-refractivity contribution in [3.05, 3.63) is 23.8 Å². The van der Waals surface area contributed by atoms with E-state index in [9.17, 15) is 10.2 Å². The number of phenolic OH excluding ortho intramolecular Hbond substituents is 2. The van der Waals surface area contributed by atoms with Crippen molar-refractivity contribution in [3.63, 3.8) is 0 Å². The number of hydrogen-bond acceptors (Lipinski definition) is 4. The van der Waals surface area contributed by atoms with Gasteiger partial charge in [0, 0.05) is 19.6 Å². The summed E-state index contributed by atoms with van der Waals surface area (Å²) in [6.07, 6.45) is 2.62. The Kier molecular flexibility index (Phi) is 5.05. The molecule has 1 aromatic carbocycles. The molecular weight excluding hydrogens is 240 g/mol. The SMILES string of the molecule is CC1CCN(CCNCc2ccc(O)c(O)c2)CC1. The van der Waals surface area contributed by atoms with E-state index in [1.807, 2.05) is 6.07 Å². The van der Waals surface area contributed by atoms with E-state index in [0.717, 1.165) is 31.1 Å². The first-order chi connectivity index (χ1) is 9.15. The van der Waals surface area contributed by atoms with Crippen molar-refractivity contribution in [1.82, 2.24) is 10.2 Å². The summed E-state index contributed by atoms with van der Waals surface area (Å²) in [5, 5.41) is 22.0. The molecule has 0 bridgehead atoms. The summed E-state index contributed by atoms with van der Waals surface area (Å²) in [5.74, 6) is 0.764. The molecule has 4 heteroatoms. The highest BCUT2D eigenvalue weighted by molar-refractivity contribution is 5.40. The minimum absolute atomic E-state index is 0.0516. The molecule has 0 spiro atoms. The maximum atomic E-state index is 9.40. The van der Waals surface area contributed by atoms with Crippen LogP contribution < -0.4 is 5.32 Å². The van der Waals surface area contributed by atoms with E-state index in [-0.39, 0.29) is 11.5 Å². The summed E-state index contributed by atoms with van der Waals surface area (Å²) < 4.78 is 0. The van der Waals surface area contributed by atoms with E-state index < -0.39 is 0 Å². The largest absolute Gasteiger partial charge is 0.504 e. The van der Waals surface area contributed by atoms with Crippen molar-refractivity contribution in [3.8, 4) is 11.5 Å². The third-order valence-corrected chi connectivity index (χ3v) is 3.85. The summed E-state index contributed by atoms with van der Waals surface area (Å²) in [7, 11) is 0. The Morgan fingerprint density at radius 2 is 1.95 bits per heavy atom. The van der Waals surface area contributed by atoms with Crippen LogP contribution in [0.5, 0.6) is 11.5 Å². The second-order valence-electron chi connectivity index (χ2n) is 5.52. The van der Waals surface area contributed by atoms with Crippen molar-refractivity contribution >= 4 is 0 Å². The molecule has 1 aliphatic heterocycles. The quantitative estimate of drug-likeness (QED) is 0.562. The Morgan fingerprint density at radius 1 is 1.21 bits per heavy atom. The molecule has 2 rings (SSSR count). The highest BCUT2D eigenvalue weighted by Gasteiger charge is 2.14. The summed E-state index contributed by atoms with van der Waals surface area (Å²) >= 11 is 0. The zero-order chi connectivity index (χ0) is 13.7. The van der Waals surface area contributed by atoms with Crippen molar-refractivity contribution in [2.75, 3.05) is 26.2 Å². The van der Waals surface area contributed by atoms with Gasteiger partial charge in [-0.15, -0.1) is 0 Å². The lowest BCUT2D eigenvalue weighted by Crippen LogP contribution is -2.37. The fourth-order valence-corrected chi connectivity index (χ4v) is 2.43. The molecular formula is C15H24N2O2. The summed E-state index contributed by atoms with van der Waals surface area (Å²) in [5.41, 5.74) is 0.988. The van der Waals surface area contributed by atoms with Crippen molar-refractivity contribution in [1.29, 1.82) is 0 Å². The molecule has 0 amide bonds. The van der Waals surface area contributed by atoms with E-state index in [0.29, 0.717) is 0 Å². The van der Waals surface area contributed by atoms with Crippen LogP contribution in [-0.4, -0.2) is 41.3 Å². The van der Waals surface area contributed by atoms with Crippen LogP contribution in [-0.2, 0) is 6.54 Å². The number of rotatable bonds is 5. The zero-order valence-corrected chi connectivity index (χ0v) is 11.6. The third kappa shape index (κ3) is 4.40. The van der Waals surface area contributed by atoms with Crippen LogP contribution in [0.15, 0.2) is 18.2 Å². The molecule has 0 aromatic heterocycles. The molecule has 1 heterocycles. The van der Waals surface area contributed by atoms with Gasteiger partial charge in [0.15, 0.2) is 11.5 Å². The van der Waals surface area contributed by atoms with Gasteiger partial charge in [-0.3, -0.25) is 0 Å². The average Bonchev–Trinajstić information content (AvgIpc) is 2.41. The maximum absolute atomic E-state index is 9.40. The summed E-state index contributed by atoms with van der Waals surface area (Å²) in [6.45, 7) is 7.50. The number of benzene rings is 1. The fourth-order valence-electron chi connectivity index (χ4n) is 2.43. The molecule has 1 aromatic rings. The number of likely N-dealkylation sites (tertiary alicyclic amines) is 1. The van der Waals surface area contributed by atoms with E-state index in [1.165, 1.54) is 32.0 Å². The molecule has 0 aliphatic carbocycles. The molecule has 0 radical (unpaired) electrons. The Labute approximate surface area is 115 Å². The number of nitrogens with one attached hydrogen (secondary N) is 1. The van der Waals surface area contributed by atoms with Crippen LogP contribution >= 0.6 is 0 Å².